The number of likely N-dealkylation sites (N-methyl/N-ethyl adjacent to an activating group) is 1. The zero-order valence-corrected chi connectivity index (χ0v) is 15.1. The van der Waals surface area contributed by atoms with Crippen molar-refractivity contribution in [3.05, 3.63) is 47.9 Å². The van der Waals surface area contributed by atoms with E-state index >= 15 is 0 Å². The highest BCUT2D eigenvalue weighted by Crippen LogP contribution is 2.29. The van der Waals surface area contributed by atoms with Crippen LogP contribution in [-0.2, 0) is 6.42 Å². The Morgan fingerprint density at radius 3 is 2.64 bits per heavy atom. The van der Waals surface area contributed by atoms with Gasteiger partial charge in [0.2, 0.25) is 5.88 Å². The SMILES string of the molecule is CC(C)Oc1cnc(C(=O)N2C[C@H](N(C)C)Cc3ccccc32)cn1. The van der Waals surface area contributed by atoms with E-state index in [2.05, 4.69) is 20.9 Å². The van der Waals surface area contributed by atoms with Gasteiger partial charge < -0.3 is 14.5 Å². The molecule has 1 aromatic heterocycles. The fourth-order valence-corrected chi connectivity index (χ4v) is 2.98. The molecule has 1 atom stereocenters. The zero-order chi connectivity index (χ0) is 18.0. The number of carbonyl (C=O) groups excluding carboxylic acids is 1. The fraction of sp³-hybridized carbons (Fsp3) is 0.421. The van der Waals surface area contributed by atoms with E-state index in [0.29, 0.717) is 18.1 Å². The van der Waals surface area contributed by atoms with Crippen LogP contribution in [0.3, 0.4) is 0 Å². The molecule has 1 aliphatic rings. The van der Waals surface area contributed by atoms with E-state index in [9.17, 15) is 4.79 Å². The summed E-state index contributed by atoms with van der Waals surface area (Å²) in [6.07, 6.45) is 3.94. The van der Waals surface area contributed by atoms with Crippen molar-refractivity contribution in [3.8, 4) is 5.88 Å². The molecule has 3 rings (SSSR count). The van der Waals surface area contributed by atoms with Crippen LogP contribution >= 0.6 is 0 Å². The summed E-state index contributed by atoms with van der Waals surface area (Å²) in [6, 6.07) is 8.31. The minimum absolute atomic E-state index is 0.0191. The average molecular weight is 340 g/mol. The minimum atomic E-state index is -0.136. The van der Waals surface area contributed by atoms with Crippen molar-refractivity contribution in [1.29, 1.82) is 0 Å². The lowest BCUT2D eigenvalue weighted by atomic mass is 9.97. The third kappa shape index (κ3) is 3.79. The van der Waals surface area contributed by atoms with E-state index in [0.717, 1.165) is 12.1 Å². The van der Waals surface area contributed by atoms with Gasteiger partial charge in [0.1, 0.15) is 5.69 Å². The highest BCUT2D eigenvalue weighted by molar-refractivity contribution is 6.05. The molecule has 2 aromatic rings. The fourth-order valence-electron chi connectivity index (χ4n) is 2.98. The molecule has 0 bridgehead atoms. The van der Waals surface area contributed by atoms with E-state index in [-0.39, 0.29) is 18.1 Å². The molecule has 0 unspecified atom stereocenters. The van der Waals surface area contributed by atoms with Crippen molar-refractivity contribution in [2.24, 2.45) is 0 Å². The number of fused-ring (bicyclic) bond motifs is 1. The number of para-hydroxylation sites is 1. The predicted molar refractivity (Wildman–Crippen MR) is 97.1 cm³/mol. The summed E-state index contributed by atoms with van der Waals surface area (Å²) in [5.74, 6) is 0.291. The van der Waals surface area contributed by atoms with Gasteiger partial charge in [-0.2, -0.15) is 0 Å². The van der Waals surface area contributed by atoms with Crippen molar-refractivity contribution in [3.63, 3.8) is 0 Å². The van der Waals surface area contributed by atoms with E-state index in [1.165, 1.54) is 18.0 Å². The number of hydrogen-bond donors (Lipinski definition) is 0. The maximum absolute atomic E-state index is 13.0. The summed E-state index contributed by atoms with van der Waals surface area (Å²) in [5, 5.41) is 0. The van der Waals surface area contributed by atoms with Crippen LogP contribution in [0.5, 0.6) is 5.88 Å². The zero-order valence-electron chi connectivity index (χ0n) is 15.1. The lowest BCUT2D eigenvalue weighted by molar-refractivity contribution is 0.0970. The summed E-state index contributed by atoms with van der Waals surface area (Å²) in [5.41, 5.74) is 2.45. The van der Waals surface area contributed by atoms with Gasteiger partial charge in [0.25, 0.3) is 5.91 Å². The first-order valence-electron chi connectivity index (χ1n) is 8.50. The number of ether oxygens (including phenoxy) is 1. The lowest BCUT2D eigenvalue weighted by Gasteiger charge is -2.37. The molecule has 2 heterocycles. The van der Waals surface area contributed by atoms with E-state index in [1.54, 1.807) is 4.90 Å². The van der Waals surface area contributed by atoms with Crippen molar-refractivity contribution in [2.75, 3.05) is 25.5 Å². The largest absolute Gasteiger partial charge is 0.474 e. The summed E-state index contributed by atoms with van der Waals surface area (Å²) in [4.78, 5) is 25.4. The van der Waals surface area contributed by atoms with E-state index < -0.39 is 0 Å². The molecule has 0 saturated carbocycles. The summed E-state index contributed by atoms with van der Waals surface area (Å²) in [6.45, 7) is 4.48. The molecular weight excluding hydrogens is 316 g/mol. The number of aromatic nitrogens is 2. The van der Waals surface area contributed by atoms with Gasteiger partial charge in [0.15, 0.2) is 0 Å². The number of rotatable bonds is 4. The van der Waals surface area contributed by atoms with Gasteiger partial charge >= 0.3 is 0 Å². The second kappa shape index (κ2) is 7.19. The Kier molecular flexibility index (Phi) is 4.99. The normalized spacial score (nSPS) is 16.9. The number of benzene rings is 1. The monoisotopic (exact) mass is 340 g/mol. The molecule has 0 N–H and O–H groups in total. The topological polar surface area (TPSA) is 58.6 Å². The maximum Gasteiger partial charge on any atom is 0.278 e. The third-order valence-corrected chi connectivity index (χ3v) is 4.31. The number of nitrogens with zero attached hydrogens (tertiary/aromatic N) is 4. The van der Waals surface area contributed by atoms with Crippen LogP contribution in [0.1, 0.15) is 29.9 Å². The molecule has 1 aliphatic heterocycles. The highest BCUT2D eigenvalue weighted by Gasteiger charge is 2.30. The first-order chi connectivity index (χ1) is 12.0. The molecule has 0 aliphatic carbocycles. The van der Waals surface area contributed by atoms with Gasteiger partial charge in [-0.1, -0.05) is 18.2 Å². The number of carbonyl (C=O) groups is 1. The van der Waals surface area contributed by atoms with Gasteiger partial charge in [-0.25, -0.2) is 9.97 Å². The number of amides is 1. The smallest absolute Gasteiger partial charge is 0.278 e. The van der Waals surface area contributed by atoms with Crippen LogP contribution in [0.15, 0.2) is 36.7 Å². The average Bonchev–Trinajstić information content (AvgIpc) is 2.60. The van der Waals surface area contributed by atoms with E-state index in [4.69, 9.17) is 4.74 Å². The van der Waals surface area contributed by atoms with Crippen molar-refractivity contribution in [2.45, 2.75) is 32.4 Å². The van der Waals surface area contributed by atoms with Crippen LogP contribution in [-0.4, -0.2) is 53.6 Å². The van der Waals surface area contributed by atoms with Gasteiger partial charge in [-0.3, -0.25) is 4.79 Å². The quantitative estimate of drug-likeness (QED) is 0.855. The van der Waals surface area contributed by atoms with Crippen molar-refractivity contribution < 1.29 is 9.53 Å². The predicted octanol–water partition coefficient (Wildman–Crippen LogP) is 2.40. The van der Waals surface area contributed by atoms with Crippen molar-refractivity contribution >= 4 is 11.6 Å². The molecule has 0 fully saturated rings. The molecule has 6 nitrogen and oxygen atoms in total. The van der Waals surface area contributed by atoms with Gasteiger partial charge in [-0.05, 0) is 46.0 Å². The van der Waals surface area contributed by atoms with Gasteiger partial charge in [-0.15, -0.1) is 0 Å². The second-order valence-electron chi connectivity index (χ2n) is 6.77. The van der Waals surface area contributed by atoms with Gasteiger partial charge in [0.05, 0.1) is 18.5 Å². The second-order valence-corrected chi connectivity index (χ2v) is 6.77. The number of anilines is 1. The summed E-state index contributed by atoms with van der Waals surface area (Å²) in [7, 11) is 4.08. The Bertz CT molecular complexity index is 743. The summed E-state index contributed by atoms with van der Waals surface area (Å²) >= 11 is 0. The van der Waals surface area contributed by atoms with Gasteiger partial charge in [0, 0.05) is 18.3 Å². The Hall–Kier alpha value is -2.47. The molecule has 0 saturated heterocycles. The minimum Gasteiger partial charge on any atom is -0.474 e. The van der Waals surface area contributed by atoms with Crippen molar-refractivity contribution in [1.82, 2.24) is 14.9 Å². The standard InChI is InChI=1S/C19H24N4O2/c1-13(2)25-18-11-20-16(10-21-18)19(24)23-12-15(22(3)4)9-14-7-5-6-8-17(14)23/h5-8,10-11,13,15H,9,12H2,1-4H3/t15-/m1/s1. The van der Waals surface area contributed by atoms with E-state index in [1.807, 2.05) is 46.1 Å². The Morgan fingerprint density at radius 2 is 2.00 bits per heavy atom. The van der Waals surface area contributed by atoms with Crippen LogP contribution in [0, 0.1) is 0 Å². The molecule has 0 radical (unpaired) electrons. The van der Waals surface area contributed by atoms with Crippen LogP contribution < -0.4 is 9.64 Å². The number of hydrogen-bond acceptors (Lipinski definition) is 5. The molecule has 1 amide bonds. The first-order valence-corrected chi connectivity index (χ1v) is 8.50. The Morgan fingerprint density at radius 1 is 1.24 bits per heavy atom. The Labute approximate surface area is 148 Å². The molecule has 6 heteroatoms. The summed E-state index contributed by atoms with van der Waals surface area (Å²) < 4.78 is 5.49. The Balaban J connectivity index is 1.87. The first kappa shape index (κ1) is 17.4. The molecule has 132 valence electrons. The van der Waals surface area contributed by atoms with Crippen LogP contribution in [0.25, 0.3) is 0 Å². The molecule has 25 heavy (non-hydrogen) atoms. The third-order valence-electron chi connectivity index (χ3n) is 4.31. The lowest BCUT2D eigenvalue weighted by Crippen LogP contribution is -2.48. The van der Waals surface area contributed by atoms with Crippen LogP contribution in [0.2, 0.25) is 0 Å². The molecule has 1 aromatic carbocycles. The maximum atomic E-state index is 13.0. The molecular formula is C19H24N4O2. The molecule has 0 spiro atoms. The van der Waals surface area contributed by atoms with Crippen LogP contribution in [0.4, 0.5) is 5.69 Å². The highest BCUT2D eigenvalue weighted by atomic mass is 16.5.